The molecule has 1 saturated carbocycles. The molecule has 0 amide bonds. The number of ketones is 1. The molecule has 2 heteroatoms. The summed E-state index contributed by atoms with van der Waals surface area (Å²) >= 11 is 0. The molecule has 1 aromatic rings. The Labute approximate surface area is 97.1 Å². The fourth-order valence-electron chi connectivity index (χ4n) is 2.26. The van der Waals surface area contributed by atoms with Crippen molar-refractivity contribution in [1.82, 2.24) is 5.32 Å². The van der Waals surface area contributed by atoms with Gasteiger partial charge in [-0.3, -0.25) is 4.79 Å². The summed E-state index contributed by atoms with van der Waals surface area (Å²) in [4.78, 5) is 11.6. The van der Waals surface area contributed by atoms with Crippen LogP contribution in [0.3, 0.4) is 0 Å². The smallest absolute Gasteiger partial charge is 0.137 e. The monoisotopic (exact) mass is 217 g/mol. The quantitative estimate of drug-likeness (QED) is 0.839. The molecule has 1 aliphatic rings. The van der Waals surface area contributed by atoms with Crippen LogP contribution in [0.1, 0.15) is 31.2 Å². The van der Waals surface area contributed by atoms with Crippen molar-refractivity contribution < 1.29 is 4.79 Å². The number of nitrogens with one attached hydrogen (secondary N) is 1. The molecule has 1 fully saturated rings. The lowest BCUT2D eigenvalue weighted by atomic mass is 9.88. The first-order valence-electron chi connectivity index (χ1n) is 6.13. The van der Waals surface area contributed by atoms with Gasteiger partial charge in [-0.05, 0) is 18.4 Å². The second-order valence-electron chi connectivity index (χ2n) is 4.53. The topological polar surface area (TPSA) is 29.1 Å². The highest BCUT2D eigenvalue weighted by Crippen LogP contribution is 2.19. The Hall–Kier alpha value is -1.15. The first kappa shape index (κ1) is 11.3. The van der Waals surface area contributed by atoms with Gasteiger partial charge in [0.2, 0.25) is 0 Å². The molecule has 1 atom stereocenters. The Balaban J connectivity index is 1.73. The maximum atomic E-state index is 11.6. The predicted octanol–water partition coefficient (Wildman–Crippen LogP) is 2.54. The van der Waals surface area contributed by atoms with E-state index in [4.69, 9.17) is 0 Å². The van der Waals surface area contributed by atoms with E-state index in [-0.39, 0.29) is 5.92 Å². The second kappa shape index (κ2) is 5.80. The molecule has 2 rings (SSSR count). The van der Waals surface area contributed by atoms with Gasteiger partial charge in [-0.1, -0.05) is 36.8 Å². The van der Waals surface area contributed by atoms with Crippen molar-refractivity contribution in [3.8, 4) is 0 Å². The van der Waals surface area contributed by atoms with Crippen LogP contribution in [0.5, 0.6) is 0 Å². The molecule has 0 unspecified atom stereocenters. The van der Waals surface area contributed by atoms with Crippen molar-refractivity contribution in [2.45, 2.75) is 32.2 Å². The van der Waals surface area contributed by atoms with Crippen LogP contribution in [0.15, 0.2) is 30.3 Å². The molecule has 0 saturated heterocycles. The van der Waals surface area contributed by atoms with Crippen LogP contribution in [-0.2, 0) is 11.3 Å². The van der Waals surface area contributed by atoms with Gasteiger partial charge < -0.3 is 5.32 Å². The first-order chi connectivity index (χ1) is 7.86. The summed E-state index contributed by atoms with van der Waals surface area (Å²) in [6.45, 7) is 1.71. The average Bonchev–Trinajstić information content (AvgIpc) is 2.33. The fraction of sp³-hybridized carbons (Fsp3) is 0.500. The zero-order chi connectivity index (χ0) is 11.2. The molecule has 16 heavy (non-hydrogen) atoms. The van der Waals surface area contributed by atoms with E-state index in [1.807, 2.05) is 18.2 Å². The van der Waals surface area contributed by atoms with Gasteiger partial charge in [-0.25, -0.2) is 0 Å². The molecule has 0 heterocycles. The Morgan fingerprint density at radius 3 is 2.75 bits per heavy atom. The highest BCUT2D eigenvalue weighted by atomic mass is 16.1. The fourth-order valence-corrected chi connectivity index (χ4v) is 2.26. The molecule has 0 aliphatic heterocycles. The van der Waals surface area contributed by atoms with E-state index in [9.17, 15) is 4.79 Å². The van der Waals surface area contributed by atoms with Gasteiger partial charge in [0.05, 0.1) is 0 Å². The molecule has 1 N–H and O–H groups in total. The molecular weight excluding hydrogens is 198 g/mol. The standard InChI is InChI=1S/C14H19NO/c16-14-9-5-4-8-13(14)11-15-10-12-6-2-1-3-7-12/h1-3,6-7,13,15H,4-5,8-11H2/t13-/m0/s1. The van der Waals surface area contributed by atoms with Crippen LogP contribution in [0.4, 0.5) is 0 Å². The zero-order valence-corrected chi connectivity index (χ0v) is 9.61. The number of rotatable bonds is 4. The number of Topliss-reactive ketones (excluding diaryl/α,β-unsaturated/α-hetero) is 1. The number of hydrogen-bond acceptors (Lipinski definition) is 2. The number of benzene rings is 1. The van der Waals surface area contributed by atoms with Crippen LogP contribution in [0.2, 0.25) is 0 Å². The molecule has 86 valence electrons. The lowest BCUT2D eigenvalue weighted by Gasteiger charge is -2.20. The Bertz CT molecular complexity index is 334. The molecule has 0 aromatic heterocycles. The summed E-state index contributed by atoms with van der Waals surface area (Å²) < 4.78 is 0. The van der Waals surface area contributed by atoms with E-state index >= 15 is 0 Å². The Morgan fingerprint density at radius 1 is 1.19 bits per heavy atom. The van der Waals surface area contributed by atoms with Crippen LogP contribution < -0.4 is 5.32 Å². The summed E-state index contributed by atoms with van der Waals surface area (Å²) in [6, 6.07) is 10.3. The van der Waals surface area contributed by atoms with Crippen LogP contribution >= 0.6 is 0 Å². The van der Waals surface area contributed by atoms with Crippen molar-refractivity contribution in [2.24, 2.45) is 5.92 Å². The van der Waals surface area contributed by atoms with Gasteiger partial charge in [0, 0.05) is 25.4 Å². The molecular formula is C14H19NO. The molecule has 2 nitrogen and oxygen atoms in total. The number of carbonyl (C=O) groups excluding carboxylic acids is 1. The van der Waals surface area contributed by atoms with Crippen molar-refractivity contribution in [3.63, 3.8) is 0 Å². The predicted molar refractivity (Wildman–Crippen MR) is 65.1 cm³/mol. The minimum atomic E-state index is 0.262. The Morgan fingerprint density at radius 2 is 2.00 bits per heavy atom. The van der Waals surface area contributed by atoms with E-state index in [2.05, 4.69) is 17.4 Å². The normalized spacial score (nSPS) is 21.0. The van der Waals surface area contributed by atoms with Crippen LogP contribution in [-0.4, -0.2) is 12.3 Å². The Kier molecular flexibility index (Phi) is 4.11. The van der Waals surface area contributed by atoms with E-state index in [0.29, 0.717) is 5.78 Å². The van der Waals surface area contributed by atoms with Crippen LogP contribution in [0, 0.1) is 5.92 Å². The van der Waals surface area contributed by atoms with Gasteiger partial charge in [-0.15, -0.1) is 0 Å². The first-order valence-corrected chi connectivity index (χ1v) is 6.13. The highest BCUT2D eigenvalue weighted by Gasteiger charge is 2.21. The highest BCUT2D eigenvalue weighted by molar-refractivity contribution is 5.81. The van der Waals surface area contributed by atoms with Gasteiger partial charge >= 0.3 is 0 Å². The second-order valence-corrected chi connectivity index (χ2v) is 4.53. The van der Waals surface area contributed by atoms with Crippen molar-refractivity contribution in [2.75, 3.05) is 6.54 Å². The van der Waals surface area contributed by atoms with E-state index in [1.165, 1.54) is 12.0 Å². The molecule has 1 aromatic carbocycles. The van der Waals surface area contributed by atoms with Gasteiger partial charge in [0.25, 0.3) is 0 Å². The number of carbonyl (C=O) groups is 1. The largest absolute Gasteiger partial charge is 0.312 e. The van der Waals surface area contributed by atoms with E-state index in [1.54, 1.807) is 0 Å². The van der Waals surface area contributed by atoms with E-state index < -0.39 is 0 Å². The summed E-state index contributed by atoms with van der Waals surface area (Å²) in [5, 5.41) is 3.38. The third kappa shape index (κ3) is 3.17. The van der Waals surface area contributed by atoms with E-state index in [0.717, 1.165) is 32.4 Å². The maximum Gasteiger partial charge on any atom is 0.137 e. The molecule has 0 radical (unpaired) electrons. The zero-order valence-electron chi connectivity index (χ0n) is 9.61. The van der Waals surface area contributed by atoms with Gasteiger partial charge in [0.15, 0.2) is 0 Å². The lowest BCUT2D eigenvalue weighted by molar-refractivity contribution is -0.124. The summed E-state index contributed by atoms with van der Waals surface area (Å²) in [7, 11) is 0. The van der Waals surface area contributed by atoms with Crippen molar-refractivity contribution in [3.05, 3.63) is 35.9 Å². The minimum absolute atomic E-state index is 0.262. The van der Waals surface area contributed by atoms with Gasteiger partial charge in [-0.2, -0.15) is 0 Å². The molecule has 1 aliphatic carbocycles. The van der Waals surface area contributed by atoms with Gasteiger partial charge in [0.1, 0.15) is 5.78 Å². The summed E-state index contributed by atoms with van der Waals surface area (Å²) in [5.74, 6) is 0.712. The van der Waals surface area contributed by atoms with Crippen LogP contribution in [0.25, 0.3) is 0 Å². The molecule has 0 bridgehead atoms. The third-order valence-corrected chi connectivity index (χ3v) is 3.24. The molecule has 0 spiro atoms. The lowest BCUT2D eigenvalue weighted by Crippen LogP contribution is -2.30. The average molecular weight is 217 g/mol. The SMILES string of the molecule is O=C1CCCC[C@H]1CNCc1ccccc1. The number of hydrogen-bond donors (Lipinski definition) is 1. The summed E-state index contributed by atoms with van der Waals surface area (Å²) in [6.07, 6.45) is 4.16. The van der Waals surface area contributed by atoms with Crippen molar-refractivity contribution >= 4 is 5.78 Å². The third-order valence-electron chi connectivity index (χ3n) is 3.24. The summed E-state index contributed by atoms with van der Waals surface area (Å²) in [5.41, 5.74) is 1.28. The minimum Gasteiger partial charge on any atom is -0.312 e. The van der Waals surface area contributed by atoms with Crippen molar-refractivity contribution in [1.29, 1.82) is 0 Å². The maximum absolute atomic E-state index is 11.6.